The van der Waals surface area contributed by atoms with Crippen molar-refractivity contribution in [3.63, 3.8) is 0 Å². The molecule has 4 heteroatoms. The van der Waals surface area contributed by atoms with Crippen molar-refractivity contribution in [1.82, 2.24) is 5.32 Å². The topological polar surface area (TPSA) is 49.4 Å². The van der Waals surface area contributed by atoms with Gasteiger partial charge >= 0.3 is 0 Å². The number of nitrogens with one attached hydrogen (secondary N) is 1. The zero-order chi connectivity index (χ0) is 15.1. The minimum absolute atomic E-state index is 0.0714. The fraction of sp³-hybridized carbons (Fsp3) is 0.500. The first-order valence-corrected chi connectivity index (χ1v) is 7.07. The third-order valence-electron chi connectivity index (χ3n) is 3.05. The van der Waals surface area contributed by atoms with Crippen LogP contribution in [0, 0.1) is 13.8 Å². The van der Waals surface area contributed by atoms with Crippen molar-refractivity contribution in [1.29, 1.82) is 0 Å². The molecule has 0 aliphatic heterocycles. The van der Waals surface area contributed by atoms with Gasteiger partial charge in [-0.25, -0.2) is 0 Å². The van der Waals surface area contributed by atoms with Crippen molar-refractivity contribution >= 4 is 17.5 Å². The van der Waals surface area contributed by atoms with Gasteiger partial charge < -0.3 is 10.2 Å². The number of aryl methyl sites for hydroxylation is 2. The van der Waals surface area contributed by atoms with Crippen molar-refractivity contribution in [3.05, 3.63) is 29.3 Å². The Morgan fingerprint density at radius 3 is 2.25 bits per heavy atom. The van der Waals surface area contributed by atoms with E-state index in [1.165, 1.54) is 11.8 Å². The summed E-state index contributed by atoms with van der Waals surface area (Å²) in [6.45, 7) is 8.25. The molecule has 1 aromatic rings. The van der Waals surface area contributed by atoms with E-state index in [1.807, 2.05) is 32.0 Å². The third-order valence-corrected chi connectivity index (χ3v) is 3.05. The number of unbranched alkanes of at least 4 members (excludes halogenated alkanes) is 1. The van der Waals surface area contributed by atoms with E-state index in [0.717, 1.165) is 29.7 Å². The lowest BCUT2D eigenvalue weighted by molar-refractivity contribution is -0.123. The number of rotatable bonds is 6. The van der Waals surface area contributed by atoms with Crippen LogP contribution in [0.5, 0.6) is 0 Å². The summed E-state index contributed by atoms with van der Waals surface area (Å²) in [5.41, 5.74) is 2.94. The summed E-state index contributed by atoms with van der Waals surface area (Å²) in [4.78, 5) is 25.2. The number of nitrogens with zero attached hydrogens (tertiary/aromatic N) is 1. The molecule has 4 nitrogen and oxygen atoms in total. The Morgan fingerprint density at radius 1 is 1.15 bits per heavy atom. The minimum Gasteiger partial charge on any atom is -0.355 e. The van der Waals surface area contributed by atoms with Crippen LogP contribution in [0.4, 0.5) is 5.69 Å². The van der Waals surface area contributed by atoms with Gasteiger partial charge in [-0.1, -0.05) is 19.4 Å². The Bertz CT molecular complexity index is 463. The van der Waals surface area contributed by atoms with Gasteiger partial charge in [0.1, 0.15) is 6.54 Å². The quantitative estimate of drug-likeness (QED) is 0.812. The van der Waals surface area contributed by atoms with Crippen molar-refractivity contribution in [2.75, 3.05) is 18.0 Å². The second-order valence-corrected chi connectivity index (χ2v) is 5.15. The highest BCUT2D eigenvalue weighted by atomic mass is 16.2. The molecular formula is C16H24N2O2. The van der Waals surface area contributed by atoms with Crippen molar-refractivity contribution in [3.8, 4) is 0 Å². The van der Waals surface area contributed by atoms with Crippen molar-refractivity contribution in [2.45, 2.75) is 40.5 Å². The second-order valence-electron chi connectivity index (χ2n) is 5.15. The Labute approximate surface area is 121 Å². The summed E-state index contributed by atoms with van der Waals surface area (Å²) in [5, 5.41) is 2.84. The monoisotopic (exact) mass is 276 g/mol. The van der Waals surface area contributed by atoms with Crippen LogP contribution in [0.3, 0.4) is 0 Å². The van der Waals surface area contributed by atoms with E-state index in [4.69, 9.17) is 0 Å². The lowest BCUT2D eigenvalue weighted by Crippen LogP contribution is -2.40. The van der Waals surface area contributed by atoms with E-state index in [0.29, 0.717) is 6.54 Å². The predicted octanol–water partition coefficient (Wildman–Crippen LogP) is 2.57. The Balaban J connectivity index is 2.79. The highest BCUT2D eigenvalue weighted by Gasteiger charge is 2.16. The first-order valence-electron chi connectivity index (χ1n) is 7.07. The van der Waals surface area contributed by atoms with E-state index in [9.17, 15) is 9.59 Å². The Hall–Kier alpha value is -1.84. The molecule has 0 aliphatic rings. The molecule has 0 atom stereocenters. The summed E-state index contributed by atoms with van der Waals surface area (Å²) in [6.07, 6.45) is 1.99. The molecule has 0 aliphatic carbocycles. The normalized spacial score (nSPS) is 10.2. The Morgan fingerprint density at radius 2 is 1.75 bits per heavy atom. The van der Waals surface area contributed by atoms with Crippen LogP contribution in [0.2, 0.25) is 0 Å². The number of amides is 2. The molecule has 0 saturated heterocycles. The molecule has 1 N–H and O–H groups in total. The highest BCUT2D eigenvalue weighted by molar-refractivity contribution is 5.97. The van der Waals surface area contributed by atoms with Gasteiger partial charge in [0.15, 0.2) is 0 Å². The minimum atomic E-state index is -0.124. The largest absolute Gasteiger partial charge is 0.355 e. The standard InChI is InChI=1S/C16H24N2O2/c1-5-6-7-17-16(20)11-18(14(4)19)15-9-12(2)8-13(3)10-15/h8-10H,5-7,11H2,1-4H3,(H,17,20). The summed E-state index contributed by atoms with van der Waals surface area (Å²) >= 11 is 0. The number of hydrogen-bond donors (Lipinski definition) is 1. The van der Waals surface area contributed by atoms with Crippen LogP contribution in [-0.4, -0.2) is 24.9 Å². The molecule has 0 heterocycles. The molecule has 0 bridgehead atoms. The van der Waals surface area contributed by atoms with Gasteiger partial charge in [0.05, 0.1) is 0 Å². The van der Waals surface area contributed by atoms with E-state index >= 15 is 0 Å². The first-order chi connectivity index (χ1) is 9.43. The van der Waals surface area contributed by atoms with E-state index in [2.05, 4.69) is 12.2 Å². The van der Waals surface area contributed by atoms with Gasteiger partial charge in [-0.15, -0.1) is 0 Å². The first kappa shape index (κ1) is 16.2. The average molecular weight is 276 g/mol. The van der Waals surface area contributed by atoms with E-state index in [1.54, 1.807) is 0 Å². The maximum Gasteiger partial charge on any atom is 0.240 e. The van der Waals surface area contributed by atoms with Gasteiger partial charge in [-0.2, -0.15) is 0 Å². The van der Waals surface area contributed by atoms with Crippen LogP contribution in [0.15, 0.2) is 18.2 Å². The van der Waals surface area contributed by atoms with Gasteiger partial charge in [-0.3, -0.25) is 9.59 Å². The SMILES string of the molecule is CCCCNC(=O)CN(C(C)=O)c1cc(C)cc(C)c1. The summed E-state index contributed by atoms with van der Waals surface area (Å²) in [6, 6.07) is 5.89. The molecule has 0 saturated carbocycles. The average Bonchev–Trinajstić information content (AvgIpc) is 2.34. The predicted molar refractivity (Wildman–Crippen MR) is 81.9 cm³/mol. The maximum atomic E-state index is 11.9. The number of anilines is 1. The van der Waals surface area contributed by atoms with Crippen LogP contribution < -0.4 is 10.2 Å². The lowest BCUT2D eigenvalue weighted by atomic mass is 10.1. The molecule has 0 aromatic heterocycles. The highest BCUT2D eigenvalue weighted by Crippen LogP contribution is 2.18. The smallest absolute Gasteiger partial charge is 0.240 e. The van der Waals surface area contributed by atoms with Gasteiger partial charge in [0, 0.05) is 19.2 Å². The molecule has 0 unspecified atom stereocenters. The van der Waals surface area contributed by atoms with Gasteiger partial charge in [0.2, 0.25) is 11.8 Å². The number of carbonyl (C=O) groups excluding carboxylic acids is 2. The second kappa shape index (κ2) is 7.68. The van der Waals surface area contributed by atoms with Crippen molar-refractivity contribution < 1.29 is 9.59 Å². The summed E-state index contributed by atoms with van der Waals surface area (Å²) in [5.74, 6) is -0.242. The maximum absolute atomic E-state index is 11.9. The molecule has 20 heavy (non-hydrogen) atoms. The van der Waals surface area contributed by atoms with Gasteiger partial charge in [-0.05, 0) is 43.5 Å². The van der Waals surface area contributed by atoms with Crippen LogP contribution >= 0.6 is 0 Å². The zero-order valence-electron chi connectivity index (χ0n) is 12.8. The molecule has 0 radical (unpaired) electrons. The van der Waals surface area contributed by atoms with Gasteiger partial charge in [0.25, 0.3) is 0 Å². The molecule has 1 rings (SSSR count). The van der Waals surface area contributed by atoms with E-state index < -0.39 is 0 Å². The summed E-state index contributed by atoms with van der Waals surface area (Å²) < 4.78 is 0. The van der Waals surface area contributed by atoms with E-state index in [-0.39, 0.29) is 18.4 Å². The fourth-order valence-electron chi connectivity index (χ4n) is 2.09. The molecule has 0 fully saturated rings. The molecular weight excluding hydrogens is 252 g/mol. The lowest BCUT2D eigenvalue weighted by Gasteiger charge is -2.21. The van der Waals surface area contributed by atoms with Crippen LogP contribution in [0.1, 0.15) is 37.8 Å². The molecule has 1 aromatic carbocycles. The van der Waals surface area contributed by atoms with Crippen LogP contribution in [0.25, 0.3) is 0 Å². The Kier molecular flexibility index (Phi) is 6.22. The van der Waals surface area contributed by atoms with Crippen molar-refractivity contribution in [2.24, 2.45) is 0 Å². The van der Waals surface area contributed by atoms with Crippen LogP contribution in [-0.2, 0) is 9.59 Å². The number of hydrogen-bond acceptors (Lipinski definition) is 2. The molecule has 0 spiro atoms. The number of benzene rings is 1. The third kappa shape index (κ3) is 5.03. The zero-order valence-corrected chi connectivity index (χ0v) is 12.8. The number of carbonyl (C=O) groups is 2. The molecule has 2 amide bonds. The summed E-state index contributed by atoms with van der Waals surface area (Å²) in [7, 11) is 0. The fourth-order valence-corrected chi connectivity index (χ4v) is 2.09. The molecule has 110 valence electrons.